The number of aromatic nitrogens is 2. The third-order valence-electron chi connectivity index (χ3n) is 7.47. The smallest absolute Gasteiger partial charge is 0.416 e. The van der Waals surface area contributed by atoms with E-state index >= 15 is 0 Å². The van der Waals surface area contributed by atoms with Crippen LogP contribution in [-0.2, 0) is 17.5 Å². The Balaban J connectivity index is 1.45. The Morgan fingerprint density at radius 1 is 0.960 bits per heavy atom. The Labute approximate surface area is 295 Å². The number of carboxylic acid groups (broad SMARTS) is 1. The van der Waals surface area contributed by atoms with Crippen molar-refractivity contribution in [2.24, 2.45) is 0 Å². The van der Waals surface area contributed by atoms with Gasteiger partial charge in [0.1, 0.15) is 11.6 Å². The van der Waals surface area contributed by atoms with Gasteiger partial charge in [0.2, 0.25) is 0 Å². The summed E-state index contributed by atoms with van der Waals surface area (Å²) in [5, 5.41) is 12.7. The molecule has 1 amide bonds. The van der Waals surface area contributed by atoms with Crippen LogP contribution in [0.1, 0.15) is 46.7 Å². The van der Waals surface area contributed by atoms with Gasteiger partial charge in [0.05, 0.1) is 40.7 Å². The van der Waals surface area contributed by atoms with Gasteiger partial charge in [-0.25, -0.2) is 14.6 Å². The molecule has 0 unspecified atom stereocenters. The first-order chi connectivity index (χ1) is 23.7. The molecule has 0 radical (unpaired) electrons. The maximum absolute atomic E-state index is 14.0. The van der Waals surface area contributed by atoms with Crippen LogP contribution in [0.15, 0.2) is 85.1 Å². The van der Waals surface area contributed by atoms with Crippen molar-refractivity contribution in [1.82, 2.24) is 9.55 Å². The van der Waals surface area contributed by atoms with Crippen LogP contribution in [0.4, 0.5) is 23.7 Å². The number of amides is 1. The molecule has 5 aromatic rings. The van der Waals surface area contributed by atoms with Gasteiger partial charge in [-0.3, -0.25) is 5.32 Å². The van der Waals surface area contributed by atoms with Crippen molar-refractivity contribution >= 4 is 53.1 Å². The van der Waals surface area contributed by atoms with Crippen LogP contribution in [0.25, 0.3) is 34.5 Å². The lowest BCUT2D eigenvalue weighted by Crippen LogP contribution is -2.18. The first kappa shape index (κ1) is 36.0. The summed E-state index contributed by atoms with van der Waals surface area (Å²) in [6, 6.07) is 20.6. The molecule has 5 rings (SSSR count). The molecule has 0 atom stereocenters. The minimum atomic E-state index is -4.79. The van der Waals surface area contributed by atoms with Gasteiger partial charge in [-0.05, 0) is 84.6 Å². The fourth-order valence-electron chi connectivity index (χ4n) is 5.10. The van der Waals surface area contributed by atoms with Gasteiger partial charge >= 0.3 is 18.2 Å². The van der Waals surface area contributed by atoms with Crippen LogP contribution < -0.4 is 10.1 Å². The average Bonchev–Trinajstić information content (AvgIpc) is 3.45. The standard InChI is InChI=1S/C37H30Cl2F3N3O5/c1-21(2)50-36(48)44-31-14-11-24(17-33(31)49-3)23-7-4-22(5-8-23)6-15-34-43-32(28-13-12-27(38)18-30(28)39)20-45(34)19-26-10-9-25(35(46)47)16-29(26)37(40,41)42/h4-18,20-21H,19H2,1-3H3,(H,44,48)(H,46,47). The molecular weight excluding hydrogens is 694 g/mol. The second kappa shape index (κ2) is 15.1. The monoisotopic (exact) mass is 723 g/mol. The van der Waals surface area contributed by atoms with Gasteiger partial charge in [0, 0.05) is 23.3 Å². The van der Waals surface area contributed by atoms with Gasteiger partial charge < -0.3 is 19.1 Å². The van der Waals surface area contributed by atoms with E-state index in [1.54, 1.807) is 62.5 Å². The minimum absolute atomic E-state index is 0.138. The Morgan fingerprint density at radius 2 is 1.68 bits per heavy atom. The zero-order valence-electron chi connectivity index (χ0n) is 26.9. The number of nitrogens with zero attached hydrogens (tertiary/aromatic N) is 2. The van der Waals surface area contributed by atoms with E-state index in [-0.39, 0.29) is 18.2 Å². The number of benzene rings is 4. The number of nitrogens with one attached hydrogen (secondary N) is 1. The highest BCUT2D eigenvalue weighted by molar-refractivity contribution is 6.36. The molecule has 0 spiro atoms. The summed E-state index contributed by atoms with van der Waals surface area (Å²) in [6.07, 6.45) is -0.650. The quantitative estimate of drug-likeness (QED) is 0.149. The van der Waals surface area contributed by atoms with E-state index in [1.807, 2.05) is 30.3 Å². The first-order valence-corrected chi connectivity index (χ1v) is 15.9. The highest BCUT2D eigenvalue weighted by Gasteiger charge is 2.34. The lowest BCUT2D eigenvalue weighted by Gasteiger charge is -2.15. The Morgan fingerprint density at radius 3 is 2.32 bits per heavy atom. The van der Waals surface area contributed by atoms with E-state index in [1.165, 1.54) is 11.7 Å². The number of imidazole rings is 1. The molecule has 0 bridgehead atoms. The molecule has 13 heteroatoms. The summed E-state index contributed by atoms with van der Waals surface area (Å²) in [6.45, 7) is 3.24. The summed E-state index contributed by atoms with van der Waals surface area (Å²) < 4.78 is 54.3. The maximum Gasteiger partial charge on any atom is 0.416 e. The van der Waals surface area contributed by atoms with Gasteiger partial charge in [-0.1, -0.05) is 65.7 Å². The largest absolute Gasteiger partial charge is 0.495 e. The third kappa shape index (κ3) is 8.66. The van der Waals surface area contributed by atoms with Crippen molar-refractivity contribution < 1.29 is 37.3 Å². The number of methoxy groups -OCH3 is 1. The van der Waals surface area contributed by atoms with Crippen molar-refractivity contribution in [1.29, 1.82) is 0 Å². The number of carboxylic acids is 1. The van der Waals surface area contributed by atoms with Crippen molar-refractivity contribution in [3.8, 4) is 28.1 Å². The molecule has 0 aliphatic carbocycles. The minimum Gasteiger partial charge on any atom is -0.495 e. The Hall–Kier alpha value is -5.26. The van der Waals surface area contributed by atoms with Gasteiger partial charge in [0.25, 0.3) is 0 Å². The summed E-state index contributed by atoms with van der Waals surface area (Å²) in [5.74, 6) is -0.688. The van der Waals surface area contributed by atoms with Crippen LogP contribution in [0.3, 0.4) is 0 Å². The number of carbonyl (C=O) groups excluding carboxylic acids is 1. The van der Waals surface area contributed by atoms with E-state index in [4.69, 9.17) is 32.7 Å². The van der Waals surface area contributed by atoms with Crippen molar-refractivity contribution in [2.45, 2.75) is 32.7 Å². The zero-order valence-corrected chi connectivity index (χ0v) is 28.4. The van der Waals surface area contributed by atoms with E-state index in [0.717, 1.165) is 28.8 Å². The topological polar surface area (TPSA) is 103 Å². The molecule has 258 valence electrons. The second-order valence-corrected chi connectivity index (χ2v) is 12.2. The summed E-state index contributed by atoms with van der Waals surface area (Å²) in [4.78, 5) is 28.2. The number of hydrogen-bond donors (Lipinski definition) is 2. The SMILES string of the molecule is COc1cc(-c2ccc(C=Cc3nc(-c4ccc(Cl)cc4Cl)cn3Cc3ccc(C(=O)O)cc3C(F)(F)F)cc2)ccc1NC(=O)OC(C)C. The fourth-order valence-corrected chi connectivity index (χ4v) is 5.60. The van der Waals surface area contributed by atoms with Crippen LogP contribution in [-0.4, -0.2) is 39.9 Å². The molecule has 2 N–H and O–H groups in total. The Kier molecular flexibility index (Phi) is 10.9. The van der Waals surface area contributed by atoms with Crippen LogP contribution in [0.5, 0.6) is 5.75 Å². The highest BCUT2D eigenvalue weighted by Crippen LogP contribution is 2.35. The molecule has 8 nitrogen and oxygen atoms in total. The van der Waals surface area contributed by atoms with Crippen LogP contribution >= 0.6 is 23.2 Å². The molecule has 1 heterocycles. The molecule has 0 fully saturated rings. The summed E-state index contributed by atoms with van der Waals surface area (Å²) >= 11 is 12.5. The molecule has 0 aliphatic heterocycles. The number of anilines is 1. The fraction of sp³-hybridized carbons (Fsp3) is 0.162. The molecular formula is C37H30Cl2F3N3O5. The number of ether oxygens (including phenoxy) is 2. The van der Waals surface area contributed by atoms with Gasteiger partial charge in [-0.2, -0.15) is 13.2 Å². The van der Waals surface area contributed by atoms with Crippen molar-refractivity contribution in [2.75, 3.05) is 12.4 Å². The van der Waals surface area contributed by atoms with Gasteiger partial charge in [0.15, 0.2) is 0 Å². The van der Waals surface area contributed by atoms with Crippen LogP contribution in [0.2, 0.25) is 10.0 Å². The predicted octanol–water partition coefficient (Wildman–Crippen LogP) is 10.4. The summed E-state index contributed by atoms with van der Waals surface area (Å²) in [7, 11) is 1.50. The molecule has 1 aromatic heterocycles. The normalized spacial score (nSPS) is 11.6. The lowest BCUT2D eigenvalue weighted by atomic mass is 10.0. The number of carbonyl (C=O) groups is 2. The molecule has 0 aliphatic rings. The number of aromatic carboxylic acids is 1. The Bertz CT molecular complexity index is 2080. The lowest BCUT2D eigenvalue weighted by molar-refractivity contribution is -0.138. The molecule has 4 aromatic carbocycles. The molecule has 0 saturated heterocycles. The van der Waals surface area contributed by atoms with Crippen molar-refractivity contribution in [3.05, 3.63) is 123 Å². The van der Waals surface area contributed by atoms with E-state index < -0.39 is 29.4 Å². The first-order valence-electron chi connectivity index (χ1n) is 15.1. The highest BCUT2D eigenvalue weighted by atomic mass is 35.5. The number of alkyl halides is 3. The average molecular weight is 725 g/mol. The van der Waals surface area contributed by atoms with Gasteiger partial charge in [-0.15, -0.1) is 0 Å². The maximum atomic E-state index is 14.0. The third-order valence-corrected chi connectivity index (χ3v) is 8.02. The van der Waals surface area contributed by atoms with Crippen LogP contribution in [0, 0.1) is 0 Å². The molecule has 0 saturated carbocycles. The van der Waals surface area contributed by atoms with E-state index in [2.05, 4.69) is 10.3 Å². The molecule has 50 heavy (non-hydrogen) atoms. The van der Waals surface area contributed by atoms with Crippen molar-refractivity contribution in [3.63, 3.8) is 0 Å². The van der Waals surface area contributed by atoms with E-state index in [9.17, 15) is 27.9 Å². The predicted molar refractivity (Wildman–Crippen MR) is 188 cm³/mol. The number of hydrogen-bond acceptors (Lipinski definition) is 5. The number of rotatable bonds is 10. The van der Waals surface area contributed by atoms with E-state index in [0.29, 0.717) is 44.6 Å². The summed E-state index contributed by atoms with van der Waals surface area (Å²) in [5.41, 5.74) is 2.19. The second-order valence-electron chi connectivity index (χ2n) is 11.4. The number of halogens is 5. The zero-order chi connectivity index (χ0) is 36.2.